The predicted octanol–water partition coefficient (Wildman–Crippen LogP) is 3.88. The van der Waals surface area contributed by atoms with Gasteiger partial charge in [-0.15, -0.1) is 13.2 Å². The van der Waals surface area contributed by atoms with Crippen molar-refractivity contribution in [2.45, 2.75) is 24.5 Å². The highest BCUT2D eigenvalue weighted by molar-refractivity contribution is 9.08. The number of aromatic nitrogens is 1. The third-order valence-corrected chi connectivity index (χ3v) is 2.50. The zero-order chi connectivity index (χ0) is 14.6. The lowest BCUT2D eigenvalue weighted by atomic mass is 10.1. The molecule has 0 fully saturated rings. The van der Waals surface area contributed by atoms with Crippen LogP contribution in [0.2, 0.25) is 0 Å². The van der Waals surface area contributed by atoms with E-state index in [1.54, 1.807) is 6.07 Å². The lowest BCUT2D eigenvalue weighted by molar-refractivity contribution is -0.275. The van der Waals surface area contributed by atoms with Crippen molar-refractivity contribution >= 4 is 15.9 Å². The number of rotatable bonds is 4. The van der Waals surface area contributed by atoms with Gasteiger partial charge in [0.05, 0.1) is 29.4 Å². The Morgan fingerprint density at radius 3 is 2.47 bits per heavy atom. The molecule has 104 valence electrons. The Balaban J connectivity index is 3.37. The van der Waals surface area contributed by atoms with Crippen LogP contribution < -0.4 is 4.74 Å². The summed E-state index contributed by atoms with van der Waals surface area (Å²) in [6.45, 7) is 0. The minimum Gasteiger partial charge on any atom is -0.403 e. The van der Waals surface area contributed by atoms with Gasteiger partial charge in [-0.2, -0.15) is 5.26 Å². The Morgan fingerprint density at radius 1 is 1.42 bits per heavy atom. The lowest BCUT2D eigenvalue weighted by Crippen LogP contribution is -2.20. The summed E-state index contributed by atoms with van der Waals surface area (Å²) in [6, 6.07) is 2.42. The van der Waals surface area contributed by atoms with Crippen LogP contribution in [0.15, 0.2) is 6.07 Å². The molecule has 1 rings (SSSR count). The fraction of sp³-hybridized carbons (Fsp3) is 0.400. The van der Waals surface area contributed by atoms with E-state index in [0.29, 0.717) is 0 Å². The molecule has 0 aromatic carbocycles. The average molecular weight is 345 g/mol. The molecule has 0 saturated heterocycles. The largest absolute Gasteiger partial charge is 0.573 e. The van der Waals surface area contributed by atoms with Gasteiger partial charge in [0.25, 0.3) is 6.43 Å². The van der Waals surface area contributed by atoms with Crippen LogP contribution in [-0.2, 0) is 11.8 Å². The van der Waals surface area contributed by atoms with E-state index in [4.69, 9.17) is 5.26 Å². The van der Waals surface area contributed by atoms with Crippen LogP contribution in [0.5, 0.6) is 5.75 Å². The van der Waals surface area contributed by atoms with E-state index in [-0.39, 0.29) is 23.1 Å². The van der Waals surface area contributed by atoms with Gasteiger partial charge in [0, 0.05) is 5.33 Å². The van der Waals surface area contributed by atoms with Crippen molar-refractivity contribution in [1.82, 2.24) is 4.98 Å². The Morgan fingerprint density at radius 2 is 2.05 bits per heavy atom. The number of hydrogen-bond donors (Lipinski definition) is 0. The van der Waals surface area contributed by atoms with Crippen molar-refractivity contribution < 1.29 is 26.7 Å². The molecule has 0 radical (unpaired) electrons. The molecule has 0 saturated carbocycles. The zero-order valence-corrected chi connectivity index (χ0v) is 10.7. The number of pyridine rings is 1. The van der Waals surface area contributed by atoms with Crippen molar-refractivity contribution in [3.05, 3.63) is 23.0 Å². The predicted molar refractivity (Wildman–Crippen MR) is 57.8 cm³/mol. The highest BCUT2D eigenvalue weighted by atomic mass is 79.9. The summed E-state index contributed by atoms with van der Waals surface area (Å²) in [4.78, 5) is 3.68. The number of halogens is 6. The van der Waals surface area contributed by atoms with Gasteiger partial charge in [0.2, 0.25) is 0 Å². The standard InChI is InChI=1S/C10H6BrF5N2O/c11-4-7-8(19-10(14,15)16)6(9(12)13)3-5(18-7)1-2-17/h3,9H,1,4H2. The van der Waals surface area contributed by atoms with E-state index in [1.807, 2.05) is 0 Å². The molecule has 0 unspecified atom stereocenters. The van der Waals surface area contributed by atoms with Crippen molar-refractivity contribution in [1.29, 1.82) is 5.26 Å². The maximum Gasteiger partial charge on any atom is 0.573 e. The maximum absolute atomic E-state index is 12.8. The molecule has 1 aromatic rings. The van der Waals surface area contributed by atoms with Gasteiger partial charge in [-0.1, -0.05) is 15.9 Å². The first-order valence-electron chi connectivity index (χ1n) is 4.78. The second-order valence-corrected chi connectivity index (χ2v) is 3.86. The third kappa shape index (κ3) is 4.31. The highest BCUT2D eigenvalue weighted by Gasteiger charge is 2.35. The molecule has 19 heavy (non-hydrogen) atoms. The van der Waals surface area contributed by atoms with Gasteiger partial charge in [-0.25, -0.2) is 8.78 Å². The topological polar surface area (TPSA) is 45.9 Å². The van der Waals surface area contributed by atoms with Crippen LogP contribution in [0.25, 0.3) is 0 Å². The van der Waals surface area contributed by atoms with Crippen LogP contribution in [0.3, 0.4) is 0 Å². The summed E-state index contributed by atoms with van der Waals surface area (Å²) in [7, 11) is 0. The molecular formula is C10H6BrF5N2O. The van der Waals surface area contributed by atoms with Crippen LogP contribution in [0, 0.1) is 11.3 Å². The Labute approximate surface area is 113 Å². The number of ether oxygens (including phenoxy) is 1. The summed E-state index contributed by atoms with van der Waals surface area (Å²) in [5.74, 6) is -1.03. The summed E-state index contributed by atoms with van der Waals surface area (Å²) in [6.07, 6.45) is -8.55. The van der Waals surface area contributed by atoms with Crippen molar-refractivity contribution in [3.8, 4) is 11.8 Å². The van der Waals surface area contributed by atoms with E-state index >= 15 is 0 Å². The summed E-state index contributed by atoms with van der Waals surface area (Å²) >= 11 is 2.85. The van der Waals surface area contributed by atoms with Gasteiger partial charge in [-0.3, -0.25) is 4.98 Å². The molecule has 0 spiro atoms. The van der Waals surface area contributed by atoms with Gasteiger partial charge in [-0.05, 0) is 6.07 Å². The monoisotopic (exact) mass is 344 g/mol. The molecular weight excluding hydrogens is 339 g/mol. The molecule has 0 bridgehead atoms. The normalized spacial score (nSPS) is 11.5. The van der Waals surface area contributed by atoms with Gasteiger partial charge in [0.1, 0.15) is 0 Å². The minimum absolute atomic E-state index is 0.0400. The maximum atomic E-state index is 12.8. The first-order chi connectivity index (χ1) is 8.78. The smallest absolute Gasteiger partial charge is 0.403 e. The minimum atomic E-state index is -5.10. The average Bonchev–Trinajstić information content (AvgIpc) is 2.28. The molecule has 0 aliphatic rings. The van der Waals surface area contributed by atoms with Crippen LogP contribution in [0.1, 0.15) is 23.4 Å². The molecule has 0 atom stereocenters. The SMILES string of the molecule is N#CCc1cc(C(F)F)c(OC(F)(F)F)c(CBr)n1. The third-order valence-electron chi connectivity index (χ3n) is 1.96. The van der Waals surface area contributed by atoms with E-state index in [0.717, 1.165) is 6.07 Å². The summed E-state index contributed by atoms with van der Waals surface area (Å²) in [5.41, 5.74) is -1.31. The molecule has 0 aliphatic carbocycles. The van der Waals surface area contributed by atoms with Gasteiger partial charge in [0.15, 0.2) is 5.75 Å². The number of alkyl halides is 6. The van der Waals surface area contributed by atoms with E-state index in [2.05, 4.69) is 25.7 Å². The van der Waals surface area contributed by atoms with Gasteiger partial charge >= 0.3 is 6.36 Å². The van der Waals surface area contributed by atoms with Crippen molar-refractivity contribution in [2.75, 3.05) is 0 Å². The van der Waals surface area contributed by atoms with Crippen LogP contribution >= 0.6 is 15.9 Å². The fourth-order valence-corrected chi connectivity index (χ4v) is 1.71. The molecule has 0 N–H and O–H groups in total. The molecule has 0 amide bonds. The van der Waals surface area contributed by atoms with Crippen LogP contribution in [0.4, 0.5) is 22.0 Å². The summed E-state index contributed by atoms with van der Waals surface area (Å²) in [5, 5.41) is 8.26. The first-order valence-corrected chi connectivity index (χ1v) is 5.90. The number of nitrogens with zero attached hydrogens (tertiary/aromatic N) is 2. The quantitative estimate of drug-likeness (QED) is 0.615. The zero-order valence-electron chi connectivity index (χ0n) is 9.14. The second kappa shape index (κ2) is 6.14. The summed E-state index contributed by atoms with van der Waals surface area (Å²) < 4.78 is 65.7. The molecule has 1 aromatic heterocycles. The first kappa shape index (κ1) is 15.6. The molecule has 3 nitrogen and oxygen atoms in total. The van der Waals surface area contributed by atoms with E-state index < -0.39 is 24.1 Å². The van der Waals surface area contributed by atoms with Crippen molar-refractivity contribution in [2.24, 2.45) is 0 Å². The van der Waals surface area contributed by atoms with Crippen molar-refractivity contribution in [3.63, 3.8) is 0 Å². The Kier molecular flexibility index (Phi) is 5.05. The van der Waals surface area contributed by atoms with Gasteiger partial charge < -0.3 is 4.74 Å². The Bertz CT molecular complexity index is 498. The van der Waals surface area contributed by atoms with E-state index in [1.165, 1.54) is 0 Å². The highest BCUT2D eigenvalue weighted by Crippen LogP contribution is 2.36. The number of nitriles is 1. The van der Waals surface area contributed by atoms with E-state index in [9.17, 15) is 22.0 Å². The van der Waals surface area contributed by atoms with Crippen LogP contribution in [-0.4, -0.2) is 11.3 Å². The lowest BCUT2D eigenvalue weighted by Gasteiger charge is -2.16. The fourth-order valence-electron chi connectivity index (χ4n) is 1.33. The molecule has 9 heteroatoms. The second-order valence-electron chi connectivity index (χ2n) is 3.30. The number of hydrogen-bond acceptors (Lipinski definition) is 3. The molecule has 0 aliphatic heterocycles. The molecule has 1 heterocycles. The Hall–Kier alpha value is -1.43.